The van der Waals surface area contributed by atoms with Crippen LogP contribution in [0.2, 0.25) is 4.09 Å². The molecule has 0 spiro atoms. The van der Waals surface area contributed by atoms with Crippen molar-refractivity contribution in [3.05, 3.63) is 35.9 Å². The van der Waals surface area contributed by atoms with Crippen LogP contribution in [-0.2, 0) is 6.42 Å². The summed E-state index contributed by atoms with van der Waals surface area (Å²) < 4.78 is 0.404. The minimum absolute atomic E-state index is 0.404. The summed E-state index contributed by atoms with van der Waals surface area (Å²) in [5.74, 6) is 0. The van der Waals surface area contributed by atoms with Crippen molar-refractivity contribution in [2.24, 2.45) is 5.41 Å². The Kier molecular flexibility index (Phi) is 9.61. The average Bonchev–Trinajstić information content (AvgIpc) is 2.27. The van der Waals surface area contributed by atoms with Crippen molar-refractivity contribution in [1.82, 2.24) is 0 Å². The Morgan fingerprint density at radius 1 is 0.900 bits per heavy atom. The molecule has 0 fully saturated rings. The molecule has 20 heavy (non-hydrogen) atoms. The van der Waals surface area contributed by atoms with E-state index in [4.69, 9.17) is 0 Å². The summed E-state index contributed by atoms with van der Waals surface area (Å²) in [7, 11) is 0. The monoisotopic (exact) mass is 268 g/mol. The van der Waals surface area contributed by atoms with Crippen molar-refractivity contribution >= 4 is 17.7 Å². The van der Waals surface area contributed by atoms with Crippen LogP contribution in [0.1, 0.15) is 72.8 Å². The Morgan fingerprint density at radius 3 is 1.85 bits per heavy atom. The second-order valence-electron chi connectivity index (χ2n) is 8.24. The molecule has 0 radical (unpaired) electrons. The maximum atomic E-state index is 2.31. The Hall–Kier alpha value is -0.183. The summed E-state index contributed by atoms with van der Waals surface area (Å²) in [6, 6.07) is 10.6. The van der Waals surface area contributed by atoms with Gasteiger partial charge in [-0.1, -0.05) is 47.0 Å². The Labute approximate surface area is 137 Å². The number of rotatable bonds is 5. The molecule has 1 aromatic rings. The van der Waals surface area contributed by atoms with E-state index < -0.39 is 0 Å². The van der Waals surface area contributed by atoms with Gasteiger partial charge < -0.3 is 0 Å². The molecule has 0 saturated heterocycles. The van der Waals surface area contributed by atoms with E-state index in [0.29, 0.717) is 9.50 Å². The van der Waals surface area contributed by atoms with Crippen molar-refractivity contribution in [2.45, 2.75) is 77.7 Å². The second kappa shape index (κ2) is 9.70. The molecule has 1 heteroatoms. The standard InChI is InChI=1S/C10H13.C9H20.Li/c1-9(2)8-10-6-4-3-5-7-10;1-5-6-7-8-9(2,3)4;/h3-7H,8H2,1-2H3;5-8H2,1-4H3;. The Bertz CT molecular complexity index is 327. The first kappa shape index (κ1) is 19.8. The van der Waals surface area contributed by atoms with Crippen LogP contribution >= 0.6 is 0 Å². The molecule has 0 saturated carbocycles. The van der Waals surface area contributed by atoms with Gasteiger partial charge in [-0.2, -0.15) is 0 Å². The third-order valence-electron chi connectivity index (χ3n) is 3.11. The number of hydrogen-bond donors (Lipinski definition) is 0. The van der Waals surface area contributed by atoms with Gasteiger partial charge in [0.15, 0.2) is 0 Å². The van der Waals surface area contributed by atoms with E-state index in [2.05, 4.69) is 89.6 Å². The van der Waals surface area contributed by atoms with Crippen molar-refractivity contribution in [2.75, 3.05) is 0 Å². The SMILES string of the molecule is CCCCCC(C)(C)C.[Li][C](C)(C)Cc1ccccc1. The van der Waals surface area contributed by atoms with Gasteiger partial charge in [0.05, 0.1) is 0 Å². The first-order valence-electron chi connectivity index (χ1n) is 8.18. The first-order chi connectivity index (χ1) is 9.14. The van der Waals surface area contributed by atoms with Crippen LogP contribution in [-0.4, -0.2) is 17.7 Å². The Balaban J connectivity index is 0.000000370. The molecule has 0 bridgehead atoms. The van der Waals surface area contributed by atoms with Gasteiger partial charge in [0.1, 0.15) is 0 Å². The fourth-order valence-electron chi connectivity index (χ4n) is 2.11. The van der Waals surface area contributed by atoms with Gasteiger partial charge in [-0.3, -0.25) is 0 Å². The molecule has 0 aliphatic heterocycles. The average molecular weight is 268 g/mol. The molecule has 0 aliphatic rings. The van der Waals surface area contributed by atoms with Gasteiger partial charge in [-0.15, -0.1) is 0 Å². The van der Waals surface area contributed by atoms with Crippen molar-refractivity contribution in [3.63, 3.8) is 0 Å². The van der Waals surface area contributed by atoms with Crippen LogP contribution in [0.15, 0.2) is 30.3 Å². The molecule has 0 heterocycles. The van der Waals surface area contributed by atoms with E-state index in [1.807, 2.05) is 0 Å². The van der Waals surface area contributed by atoms with Crippen molar-refractivity contribution < 1.29 is 0 Å². The summed E-state index contributed by atoms with van der Waals surface area (Å²) >= 11 is 2.26. The molecule has 0 aliphatic carbocycles. The van der Waals surface area contributed by atoms with Crippen LogP contribution in [0.4, 0.5) is 0 Å². The van der Waals surface area contributed by atoms with Crippen molar-refractivity contribution in [1.29, 1.82) is 0 Å². The molecule has 0 N–H and O–H groups in total. The van der Waals surface area contributed by atoms with E-state index in [9.17, 15) is 0 Å². The quantitative estimate of drug-likeness (QED) is 0.440. The zero-order chi connectivity index (χ0) is 15.6. The Morgan fingerprint density at radius 2 is 1.45 bits per heavy atom. The molecule has 0 aromatic heterocycles. The molecule has 1 rings (SSSR count). The van der Waals surface area contributed by atoms with E-state index >= 15 is 0 Å². The van der Waals surface area contributed by atoms with Gasteiger partial charge in [0.2, 0.25) is 0 Å². The summed E-state index contributed by atoms with van der Waals surface area (Å²) in [6.07, 6.45) is 6.68. The molecule has 110 valence electrons. The van der Waals surface area contributed by atoms with Crippen molar-refractivity contribution in [3.8, 4) is 0 Å². The molecule has 0 unspecified atom stereocenters. The predicted octanol–water partition coefficient (Wildman–Crippen LogP) is 6.21. The summed E-state index contributed by atoms with van der Waals surface area (Å²) in [6.45, 7) is 13.7. The summed E-state index contributed by atoms with van der Waals surface area (Å²) in [5, 5.41) is 0. The van der Waals surface area contributed by atoms with Crippen LogP contribution < -0.4 is 0 Å². The first-order valence-corrected chi connectivity index (χ1v) is 8.18. The van der Waals surface area contributed by atoms with Gasteiger partial charge >= 0.3 is 78.0 Å². The van der Waals surface area contributed by atoms with Gasteiger partial charge in [-0.05, 0) is 11.8 Å². The molecule has 0 amide bonds. The normalized spacial score (nSPS) is 11.8. The van der Waals surface area contributed by atoms with Crippen LogP contribution in [0.3, 0.4) is 0 Å². The van der Waals surface area contributed by atoms with E-state index in [1.54, 1.807) is 0 Å². The van der Waals surface area contributed by atoms with Gasteiger partial charge in [-0.25, -0.2) is 0 Å². The third-order valence-corrected chi connectivity index (χ3v) is 3.11. The molecular formula is C19H33Li. The topological polar surface area (TPSA) is 0 Å². The fraction of sp³-hybridized carbons (Fsp3) is 0.684. The van der Waals surface area contributed by atoms with Crippen LogP contribution in [0.25, 0.3) is 0 Å². The van der Waals surface area contributed by atoms with E-state index in [0.717, 1.165) is 6.42 Å². The van der Waals surface area contributed by atoms with Gasteiger partial charge in [0, 0.05) is 0 Å². The number of benzene rings is 1. The minimum atomic E-state index is 0.404. The number of unbranched alkanes of at least 4 members (excludes halogenated alkanes) is 2. The second-order valence-corrected chi connectivity index (χ2v) is 8.24. The summed E-state index contributed by atoms with van der Waals surface area (Å²) in [5.41, 5.74) is 1.98. The summed E-state index contributed by atoms with van der Waals surface area (Å²) in [4.78, 5) is 0. The van der Waals surface area contributed by atoms with E-state index in [1.165, 1.54) is 31.2 Å². The zero-order valence-corrected chi connectivity index (χ0v) is 14.9. The molecular weight excluding hydrogens is 235 g/mol. The predicted molar refractivity (Wildman–Crippen MR) is 93.5 cm³/mol. The van der Waals surface area contributed by atoms with Crippen LogP contribution in [0, 0.1) is 5.41 Å². The molecule has 1 aromatic carbocycles. The van der Waals surface area contributed by atoms with Gasteiger partial charge in [0.25, 0.3) is 0 Å². The molecule has 0 nitrogen and oxygen atoms in total. The number of hydrogen-bond acceptors (Lipinski definition) is 0. The zero-order valence-electron chi connectivity index (χ0n) is 14.9. The van der Waals surface area contributed by atoms with E-state index in [-0.39, 0.29) is 0 Å². The molecule has 0 atom stereocenters. The third kappa shape index (κ3) is 14.2. The van der Waals surface area contributed by atoms with Crippen LogP contribution in [0.5, 0.6) is 0 Å². The maximum absolute atomic E-state index is 2.31. The fourth-order valence-corrected chi connectivity index (χ4v) is 2.11.